The average Bonchev–Trinajstić information content (AvgIpc) is 3.41. The number of allylic oxidation sites excluding steroid dienone is 8. The Morgan fingerprint density at radius 3 is 1.04 bits per heavy atom. The highest BCUT2D eigenvalue weighted by Gasteiger charge is 2.22. The number of phosphoric acid groups is 1. The van der Waals surface area contributed by atoms with Gasteiger partial charge in [-0.05, 0) is 77.0 Å². The number of quaternary nitrogens is 1. The van der Waals surface area contributed by atoms with E-state index in [1.54, 1.807) is 0 Å². The van der Waals surface area contributed by atoms with E-state index in [1.807, 2.05) is 21.1 Å². The van der Waals surface area contributed by atoms with Gasteiger partial charge in [0.15, 0.2) is 6.10 Å². The van der Waals surface area contributed by atoms with E-state index in [0.717, 1.165) is 57.8 Å². The van der Waals surface area contributed by atoms with Crippen LogP contribution in [-0.4, -0.2) is 70.0 Å². The van der Waals surface area contributed by atoms with Crippen LogP contribution in [0.25, 0.3) is 0 Å². The number of phosphoric ester groups is 1. The second-order valence-corrected chi connectivity index (χ2v) is 25.2. The van der Waals surface area contributed by atoms with Crippen molar-refractivity contribution >= 4 is 19.8 Å². The molecule has 0 radical (unpaired) electrons. The maximum Gasteiger partial charge on any atom is 0.306 e. The molecule has 0 heterocycles. The molecule has 10 heteroatoms. The maximum absolute atomic E-state index is 12.8. The molecule has 2 unspecified atom stereocenters. The van der Waals surface area contributed by atoms with Crippen molar-refractivity contribution in [3.8, 4) is 0 Å². The molecular weight excluding hydrogens is 990 g/mol. The van der Waals surface area contributed by atoms with Crippen LogP contribution in [-0.2, 0) is 32.7 Å². The molecule has 0 N–H and O–H groups in total. The molecule has 0 aromatic heterocycles. The topological polar surface area (TPSA) is 111 Å². The van der Waals surface area contributed by atoms with Gasteiger partial charge in [-0.1, -0.05) is 281 Å². The summed E-state index contributed by atoms with van der Waals surface area (Å²) in [4.78, 5) is 37.9. The second-order valence-electron chi connectivity index (χ2n) is 23.8. The van der Waals surface area contributed by atoms with E-state index in [9.17, 15) is 19.0 Å². The summed E-state index contributed by atoms with van der Waals surface area (Å²) < 4.78 is 34.2. The lowest BCUT2D eigenvalue weighted by Crippen LogP contribution is -2.37. The molecule has 9 nitrogen and oxygen atoms in total. The predicted octanol–water partition coefficient (Wildman–Crippen LogP) is 20.6. The first-order chi connectivity index (χ1) is 38.0. The Labute approximate surface area is 484 Å². The Bertz CT molecular complexity index is 1460. The molecule has 0 aromatic rings. The molecule has 0 amide bonds. The third kappa shape index (κ3) is 63.2. The first kappa shape index (κ1) is 76.0. The van der Waals surface area contributed by atoms with Gasteiger partial charge in [0.2, 0.25) is 0 Å². The van der Waals surface area contributed by atoms with E-state index in [4.69, 9.17) is 18.5 Å². The first-order valence-electron chi connectivity index (χ1n) is 33.3. The minimum Gasteiger partial charge on any atom is -0.756 e. The van der Waals surface area contributed by atoms with Gasteiger partial charge >= 0.3 is 11.9 Å². The molecular formula is C68H128NO8P. The smallest absolute Gasteiger partial charge is 0.306 e. The highest BCUT2D eigenvalue weighted by molar-refractivity contribution is 7.45. The fraction of sp³-hybridized carbons (Fsp3) is 0.853. The zero-order valence-electron chi connectivity index (χ0n) is 52.1. The zero-order chi connectivity index (χ0) is 57.0. The lowest BCUT2D eigenvalue weighted by atomic mass is 10.0. The van der Waals surface area contributed by atoms with E-state index < -0.39 is 26.5 Å². The van der Waals surface area contributed by atoms with Crippen LogP contribution in [0.3, 0.4) is 0 Å². The maximum atomic E-state index is 12.8. The standard InChI is InChI=1S/C68H128NO8P/c1-6-8-10-12-14-16-18-20-22-24-25-26-27-28-29-30-31-32-33-34-35-36-37-38-39-40-41-42-43-45-47-49-51-53-55-57-59-61-68(71)77-66(65-76-78(72,73)75-63-62-69(3,4)5)64-74-67(70)60-58-56-54-52-50-48-46-44-23-21-19-17-15-13-11-9-7-2/h15,17-18,20-21,23-25,66H,6-14,16,19,22,26-65H2,1-5H3/b17-15-,20-18-,23-21-,25-24-. The SMILES string of the molecule is CCCCC/C=C\C/C=C\CCCCCCCCCC(=O)OCC(COP(=O)([O-])OCC[N+](C)(C)C)OC(=O)CCCCCCCCCCCCCCCCCCCCCCCCCCC/C=C\C/C=C\CCCCCCC. The summed E-state index contributed by atoms with van der Waals surface area (Å²) in [6.45, 7) is 4.24. The van der Waals surface area contributed by atoms with Crippen LogP contribution in [0.15, 0.2) is 48.6 Å². The van der Waals surface area contributed by atoms with E-state index in [-0.39, 0.29) is 32.0 Å². The van der Waals surface area contributed by atoms with Crippen LogP contribution in [0.1, 0.15) is 322 Å². The summed E-state index contributed by atoms with van der Waals surface area (Å²) in [5.41, 5.74) is 0. The third-order valence-electron chi connectivity index (χ3n) is 14.8. The van der Waals surface area contributed by atoms with Gasteiger partial charge in [0.1, 0.15) is 19.8 Å². The normalized spacial score (nSPS) is 13.5. The molecule has 458 valence electrons. The van der Waals surface area contributed by atoms with Crippen LogP contribution in [0.2, 0.25) is 0 Å². The Hall–Kier alpha value is -2.03. The molecule has 0 aromatic carbocycles. The number of rotatable bonds is 62. The molecule has 0 saturated heterocycles. The molecule has 0 aliphatic carbocycles. The minimum atomic E-state index is -4.64. The largest absolute Gasteiger partial charge is 0.756 e. The molecule has 78 heavy (non-hydrogen) atoms. The van der Waals surface area contributed by atoms with E-state index in [0.29, 0.717) is 17.4 Å². The number of likely N-dealkylation sites (N-methyl/N-ethyl adjacent to an activating group) is 1. The zero-order valence-corrected chi connectivity index (χ0v) is 53.0. The fourth-order valence-corrected chi connectivity index (χ4v) is 10.4. The molecule has 0 aliphatic rings. The number of unbranched alkanes of at least 4 members (excludes halogenated alkanes) is 40. The first-order valence-corrected chi connectivity index (χ1v) is 34.8. The number of hydrogen-bond acceptors (Lipinski definition) is 8. The van der Waals surface area contributed by atoms with E-state index >= 15 is 0 Å². The van der Waals surface area contributed by atoms with Gasteiger partial charge in [-0.2, -0.15) is 0 Å². The number of carbonyl (C=O) groups is 2. The van der Waals surface area contributed by atoms with Gasteiger partial charge in [-0.25, -0.2) is 0 Å². The number of hydrogen-bond donors (Lipinski definition) is 0. The van der Waals surface area contributed by atoms with Crippen molar-refractivity contribution in [2.75, 3.05) is 47.5 Å². The van der Waals surface area contributed by atoms with Crippen LogP contribution in [0.5, 0.6) is 0 Å². The molecule has 0 rings (SSSR count). The van der Waals surface area contributed by atoms with Crippen LogP contribution < -0.4 is 4.89 Å². The quantitative estimate of drug-likeness (QED) is 0.0195. The lowest BCUT2D eigenvalue weighted by Gasteiger charge is -2.28. The highest BCUT2D eigenvalue weighted by atomic mass is 31.2. The van der Waals surface area contributed by atoms with Gasteiger partial charge < -0.3 is 27.9 Å². The van der Waals surface area contributed by atoms with Crippen molar-refractivity contribution in [3.63, 3.8) is 0 Å². The van der Waals surface area contributed by atoms with Crippen LogP contribution in [0, 0.1) is 0 Å². The van der Waals surface area contributed by atoms with Crippen molar-refractivity contribution in [1.29, 1.82) is 0 Å². The Morgan fingerprint density at radius 2 is 0.692 bits per heavy atom. The number of ether oxygens (including phenoxy) is 2. The van der Waals surface area contributed by atoms with E-state index in [1.165, 1.54) is 231 Å². The van der Waals surface area contributed by atoms with Crippen molar-refractivity contribution in [3.05, 3.63) is 48.6 Å². The van der Waals surface area contributed by atoms with Gasteiger partial charge in [0.05, 0.1) is 27.7 Å². The number of nitrogens with zero attached hydrogens (tertiary/aromatic N) is 1. The monoisotopic (exact) mass is 1120 g/mol. The van der Waals surface area contributed by atoms with Gasteiger partial charge in [0.25, 0.3) is 7.82 Å². The van der Waals surface area contributed by atoms with Crippen LogP contribution in [0.4, 0.5) is 0 Å². The molecule has 0 bridgehead atoms. The van der Waals surface area contributed by atoms with Crippen LogP contribution >= 0.6 is 7.82 Å². The molecule has 0 spiro atoms. The molecule has 0 saturated carbocycles. The molecule has 0 aliphatic heterocycles. The third-order valence-corrected chi connectivity index (χ3v) is 15.8. The average molecular weight is 1120 g/mol. The number of esters is 2. The predicted molar refractivity (Wildman–Crippen MR) is 333 cm³/mol. The Kier molecular flexibility index (Phi) is 58.0. The van der Waals surface area contributed by atoms with E-state index in [2.05, 4.69) is 62.5 Å². The van der Waals surface area contributed by atoms with Crippen molar-refractivity contribution in [1.82, 2.24) is 0 Å². The molecule has 0 fully saturated rings. The van der Waals surface area contributed by atoms with Crippen molar-refractivity contribution < 1.29 is 42.1 Å². The van der Waals surface area contributed by atoms with Gasteiger partial charge in [-0.3, -0.25) is 14.2 Å². The summed E-state index contributed by atoms with van der Waals surface area (Å²) in [5, 5.41) is 0. The Morgan fingerprint density at radius 1 is 0.397 bits per heavy atom. The summed E-state index contributed by atoms with van der Waals surface area (Å²) in [7, 11) is 1.17. The Balaban J connectivity index is 3.94. The fourth-order valence-electron chi connectivity index (χ4n) is 9.66. The van der Waals surface area contributed by atoms with Crippen molar-refractivity contribution in [2.45, 2.75) is 328 Å². The summed E-state index contributed by atoms with van der Waals surface area (Å²) in [6.07, 6.45) is 76.3. The highest BCUT2D eigenvalue weighted by Crippen LogP contribution is 2.38. The van der Waals surface area contributed by atoms with Crippen molar-refractivity contribution in [2.24, 2.45) is 0 Å². The lowest BCUT2D eigenvalue weighted by molar-refractivity contribution is -0.870. The second kappa shape index (κ2) is 59.6. The van der Waals surface area contributed by atoms with Gasteiger partial charge in [0, 0.05) is 12.8 Å². The van der Waals surface area contributed by atoms with Gasteiger partial charge in [-0.15, -0.1) is 0 Å². The number of carbonyl (C=O) groups excluding carboxylic acids is 2. The molecule has 2 atom stereocenters. The summed E-state index contributed by atoms with van der Waals surface area (Å²) in [5.74, 6) is -0.829. The summed E-state index contributed by atoms with van der Waals surface area (Å²) in [6, 6.07) is 0. The summed E-state index contributed by atoms with van der Waals surface area (Å²) >= 11 is 0. The minimum absolute atomic E-state index is 0.0310.